The van der Waals surface area contributed by atoms with Gasteiger partial charge >= 0.3 is 5.69 Å². The summed E-state index contributed by atoms with van der Waals surface area (Å²) in [6.07, 6.45) is 0. The standard InChI is InChI=1S/C9H10FNO4S/c1-9(2,16(14)15)6-4-3-5-7(10)8(6)11(12)13/h3-5H,1-2H3,(H,14,15)/p-1. The van der Waals surface area contributed by atoms with Gasteiger partial charge in [0.25, 0.3) is 0 Å². The van der Waals surface area contributed by atoms with Gasteiger partial charge in [-0.25, -0.2) is 0 Å². The summed E-state index contributed by atoms with van der Waals surface area (Å²) in [4.78, 5) is 9.76. The molecule has 0 spiro atoms. The number of rotatable bonds is 3. The van der Waals surface area contributed by atoms with E-state index in [-0.39, 0.29) is 5.56 Å². The van der Waals surface area contributed by atoms with Crippen LogP contribution in [0.4, 0.5) is 10.1 Å². The van der Waals surface area contributed by atoms with Crippen LogP contribution in [-0.4, -0.2) is 13.7 Å². The average Bonchev–Trinajstić information content (AvgIpc) is 2.16. The van der Waals surface area contributed by atoms with E-state index in [1.165, 1.54) is 26.0 Å². The fraction of sp³-hybridized carbons (Fsp3) is 0.333. The molecular weight excluding hydrogens is 237 g/mol. The van der Waals surface area contributed by atoms with Crippen molar-refractivity contribution in [1.82, 2.24) is 0 Å². The molecule has 0 aliphatic carbocycles. The van der Waals surface area contributed by atoms with Crippen molar-refractivity contribution in [1.29, 1.82) is 0 Å². The lowest BCUT2D eigenvalue weighted by molar-refractivity contribution is -0.388. The van der Waals surface area contributed by atoms with E-state index in [1.54, 1.807) is 0 Å². The Morgan fingerprint density at radius 1 is 1.44 bits per heavy atom. The monoisotopic (exact) mass is 246 g/mol. The molecular formula is C9H9FNO4S-. The van der Waals surface area contributed by atoms with Gasteiger partial charge in [0.15, 0.2) is 0 Å². The van der Waals surface area contributed by atoms with Crippen molar-refractivity contribution < 1.29 is 18.1 Å². The van der Waals surface area contributed by atoms with E-state index in [1.807, 2.05) is 0 Å². The number of hydrogen-bond donors (Lipinski definition) is 0. The summed E-state index contributed by atoms with van der Waals surface area (Å²) < 4.78 is 33.7. The molecule has 0 amide bonds. The van der Waals surface area contributed by atoms with Crippen LogP contribution in [0.2, 0.25) is 0 Å². The highest BCUT2D eigenvalue weighted by atomic mass is 32.2. The van der Waals surface area contributed by atoms with Crippen LogP contribution in [0.1, 0.15) is 19.4 Å². The molecule has 1 atom stereocenters. The maximum atomic E-state index is 13.3. The van der Waals surface area contributed by atoms with Crippen molar-refractivity contribution in [3.8, 4) is 0 Å². The van der Waals surface area contributed by atoms with E-state index in [9.17, 15) is 23.3 Å². The molecule has 0 aromatic heterocycles. The van der Waals surface area contributed by atoms with Crippen LogP contribution < -0.4 is 0 Å². The molecule has 0 N–H and O–H groups in total. The van der Waals surface area contributed by atoms with Gasteiger partial charge in [0.05, 0.1) is 9.67 Å². The van der Waals surface area contributed by atoms with Crippen LogP contribution in [0.25, 0.3) is 0 Å². The maximum absolute atomic E-state index is 13.3. The van der Waals surface area contributed by atoms with Crippen molar-refractivity contribution in [2.75, 3.05) is 0 Å². The van der Waals surface area contributed by atoms with Crippen molar-refractivity contribution in [3.63, 3.8) is 0 Å². The Morgan fingerprint density at radius 3 is 2.44 bits per heavy atom. The Balaban J connectivity index is 3.51. The topological polar surface area (TPSA) is 83.3 Å². The molecule has 88 valence electrons. The number of halogens is 1. The summed E-state index contributed by atoms with van der Waals surface area (Å²) in [6.45, 7) is 2.55. The first kappa shape index (κ1) is 12.7. The van der Waals surface area contributed by atoms with E-state index < -0.39 is 32.3 Å². The Hall–Kier alpha value is -1.34. The van der Waals surface area contributed by atoms with Gasteiger partial charge in [-0.3, -0.25) is 14.3 Å². The lowest BCUT2D eigenvalue weighted by Crippen LogP contribution is -2.25. The highest BCUT2D eigenvalue weighted by Crippen LogP contribution is 2.34. The summed E-state index contributed by atoms with van der Waals surface area (Å²) in [6, 6.07) is 3.40. The predicted molar refractivity (Wildman–Crippen MR) is 55.0 cm³/mol. The van der Waals surface area contributed by atoms with Gasteiger partial charge in [0, 0.05) is 5.56 Å². The summed E-state index contributed by atoms with van der Waals surface area (Å²) in [5, 5.41) is 10.7. The predicted octanol–water partition coefficient (Wildman–Crippen LogP) is 1.85. The zero-order valence-corrected chi connectivity index (χ0v) is 9.41. The SMILES string of the molecule is CC(C)(c1cccc(F)c1[N+](=O)[O-])S(=O)[O-]. The van der Waals surface area contributed by atoms with Gasteiger partial charge < -0.3 is 4.55 Å². The molecule has 0 saturated heterocycles. The molecule has 0 fully saturated rings. The van der Waals surface area contributed by atoms with Gasteiger partial charge in [-0.15, -0.1) is 0 Å². The molecule has 7 heteroatoms. The molecule has 0 bridgehead atoms. The maximum Gasteiger partial charge on any atom is 0.309 e. The van der Waals surface area contributed by atoms with Gasteiger partial charge in [-0.05, 0) is 31.0 Å². The molecule has 0 saturated carbocycles. The van der Waals surface area contributed by atoms with Crippen LogP contribution in [0.15, 0.2) is 18.2 Å². The third-order valence-corrected chi connectivity index (χ3v) is 3.29. The van der Waals surface area contributed by atoms with Gasteiger partial charge in [0.1, 0.15) is 0 Å². The molecule has 0 aliphatic heterocycles. The van der Waals surface area contributed by atoms with Gasteiger partial charge in [-0.2, -0.15) is 4.39 Å². The second kappa shape index (κ2) is 4.26. The number of nitro benzene ring substituents is 1. The van der Waals surface area contributed by atoms with Crippen LogP contribution in [0.3, 0.4) is 0 Å². The van der Waals surface area contributed by atoms with Gasteiger partial charge in [0.2, 0.25) is 5.82 Å². The lowest BCUT2D eigenvalue weighted by atomic mass is 10.00. The number of nitro groups is 1. The molecule has 1 rings (SSSR count). The fourth-order valence-electron chi connectivity index (χ4n) is 1.28. The Morgan fingerprint density at radius 2 is 2.00 bits per heavy atom. The quantitative estimate of drug-likeness (QED) is 0.463. The molecule has 0 heterocycles. The number of benzene rings is 1. The zero-order chi connectivity index (χ0) is 12.5. The fourth-order valence-corrected chi connectivity index (χ4v) is 1.62. The van der Waals surface area contributed by atoms with Crippen LogP contribution in [0, 0.1) is 15.9 Å². The molecule has 0 aliphatic rings. The first-order chi connectivity index (χ1) is 7.28. The van der Waals surface area contributed by atoms with E-state index in [4.69, 9.17) is 0 Å². The van der Waals surface area contributed by atoms with Crippen molar-refractivity contribution in [2.24, 2.45) is 0 Å². The Labute approximate surface area is 93.7 Å². The second-order valence-electron chi connectivity index (χ2n) is 3.64. The molecule has 1 aromatic carbocycles. The smallest absolute Gasteiger partial charge is 0.309 e. The first-order valence-electron chi connectivity index (χ1n) is 4.31. The van der Waals surface area contributed by atoms with E-state index >= 15 is 0 Å². The molecule has 1 unspecified atom stereocenters. The average molecular weight is 246 g/mol. The summed E-state index contributed by atoms with van der Waals surface area (Å²) >= 11 is -2.58. The highest BCUT2D eigenvalue weighted by molar-refractivity contribution is 7.80. The van der Waals surface area contributed by atoms with Crippen molar-refractivity contribution >= 4 is 16.8 Å². The van der Waals surface area contributed by atoms with Crippen LogP contribution in [0.5, 0.6) is 0 Å². The van der Waals surface area contributed by atoms with Crippen LogP contribution in [-0.2, 0) is 15.8 Å². The lowest BCUT2D eigenvalue weighted by Gasteiger charge is -2.27. The summed E-state index contributed by atoms with van der Waals surface area (Å²) in [5.74, 6) is -1.04. The number of nitrogens with zero attached hydrogens (tertiary/aromatic N) is 1. The zero-order valence-electron chi connectivity index (χ0n) is 8.60. The minimum Gasteiger partial charge on any atom is -0.772 e. The highest BCUT2D eigenvalue weighted by Gasteiger charge is 2.32. The normalized spacial score (nSPS) is 13.5. The summed E-state index contributed by atoms with van der Waals surface area (Å²) in [5.41, 5.74) is -0.956. The Kier molecular flexibility index (Phi) is 3.39. The Bertz CT molecular complexity index is 461. The van der Waals surface area contributed by atoms with Crippen LogP contribution >= 0.6 is 0 Å². The largest absolute Gasteiger partial charge is 0.772 e. The first-order valence-corrected chi connectivity index (χ1v) is 5.38. The molecule has 16 heavy (non-hydrogen) atoms. The van der Waals surface area contributed by atoms with E-state index in [2.05, 4.69) is 0 Å². The summed E-state index contributed by atoms with van der Waals surface area (Å²) in [7, 11) is 0. The van der Waals surface area contributed by atoms with E-state index in [0.29, 0.717) is 0 Å². The minimum absolute atomic E-state index is 0.161. The van der Waals surface area contributed by atoms with Crippen molar-refractivity contribution in [3.05, 3.63) is 39.7 Å². The number of hydrogen-bond acceptors (Lipinski definition) is 4. The number of para-hydroxylation sites is 1. The minimum atomic E-state index is -2.58. The third-order valence-electron chi connectivity index (χ3n) is 2.23. The van der Waals surface area contributed by atoms with Crippen molar-refractivity contribution in [2.45, 2.75) is 18.6 Å². The second-order valence-corrected chi connectivity index (χ2v) is 5.13. The molecule has 1 aromatic rings. The molecule has 0 radical (unpaired) electrons. The van der Waals surface area contributed by atoms with Gasteiger partial charge in [-0.1, -0.05) is 12.1 Å². The molecule has 5 nitrogen and oxygen atoms in total. The third kappa shape index (κ3) is 2.10. The van der Waals surface area contributed by atoms with E-state index in [0.717, 1.165) is 6.07 Å².